The number of Topliss-reactive ketones (excluding diaryl/α,β-unsaturated/α-hetero) is 1. The van der Waals surface area contributed by atoms with Gasteiger partial charge in [0.25, 0.3) is 5.56 Å². The van der Waals surface area contributed by atoms with Crippen molar-refractivity contribution in [1.29, 1.82) is 0 Å². The minimum atomic E-state index is -0.444. The molecule has 0 aliphatic carbocycles. The second-order valence-electron chi connectivity index (χ2n) is 8.25. The zero-order valence-electron chi connectivity index (χ0n) is 19.7. The van der Waals surface area contributed by atoms with E-state index in [-0.39, 0.29) is 11.3 Å². The van der Waals surface area contributed by atoms with Gasteiger partial charge in [0.1, 0.15) is 17.1 Å². The van der Waals surface area contributed by atoms with Crippen LogP contribution in [0.4, 0.5) is 4.39 Å². The molecule has 176 valence electrons. The monoisotopic (exact) mass is 471 g/mol. The van der Waals surface area contributed by atoms with E-state index >= 15 is 4.39 Å². The number of ketones is 1. The third-order valence-electron chi connectivity index (χ3n) is 6.24. The van der Waals surface area contributed by atoms with Crippen molar-refractivity contribution in [3.05, 3.63) is 70.7 Å². The van der Waals surface area contributed by atoms with Crippen molar-refractivity contribution in [3.8, 4) is 28.0 Å². The fraction of sp³-hybridized carbons (Fsp3) is 0.192. The summed E-state index contributed by atoms with van der Waals surface area (Å²) < 4.78 is 24.1. The van der Waals surface area contributed by atoms with Gasteiger partial charge in [0.2, 0.25) is 0 Å². The second kappa shape index (κ2) is 8.43. The third-order valence-corrected chi connectivity index (χ3v) is 6.24. The normalized spacial score (nSPS) is 11.3. The van der Waals surface area contributed by atoms with Crippen molar-refractivity contribution in [2.45, 2.75) is 20.4 Å². The summed E-state index contributed by atoms with van der Waals surface area (Å²) in [7, 11) is 3.08. The smallest absolute Gasteiger partial charge is 0.261 e. The number of benzene rings is 2. The number of hydrogen-bond donors (Lipinski definition) is 0. The van der Waals surface area contributed by atoms with Crippen LogP contribution in [0.5, 0.6) is 5.75 Å². The molecule has 0 unspecified atom stereocenters. The van der Waals surface area contributed by atoms with Crippen molar-refractivity contribution in [2.24, 2.45) is 7.05 Å². The number of methoxy groups -OCH3 is 1. The molecule has 0 atom stereocenters. The first-order valence-corrected chi connectivity index (χ1v) is 11.0. The van der Waals surface area contributed by atoms with E-state index in [0.29, 0.717) is 45.5 Å². The van der Waals surface area contributed by atoms with Crippen LogP contribution in [0.3, 0.4) is 0 Å². The van der Waals surface area contributed by atoms with Crippen LogP contribution < -0.4 is 10.3 Å². The summed E-state index contributed by atoms with van der Waals surface area (Å²) in [5.41, 5.74) is 3.81. The molecule has 5 aromatic rings. The number of carbonyl (C=O) groups is 1. The Morgan fingerprint density at radius 2 is 1.91 bits per heavy atom. The largest absolute Gasteiger partial charge is 0.496 e. The average molecular weight is 471 g/mol. The molecule has 0 saturated heterocycles. The Labute approximate surface area is 199 Å². The lowest BCUT2D eigenvalue weighted by Crippen LogP contribution is -2.23. The van der Waals surface area contributed by atoms with Crippen molar-refractivity contribution in [2.75, 3.05) is 7.11 Å². The molecule has 0 N–H and O–H groups in total. The van der Waals surface area contributed by atoms with Gasteiger partial charge in [-0.15, -0.1) is 5.10 Å². The number of ether oxygens (including phenoxy) is 1. The molecular formula is C26H22FN5O3. The van der Waals surface area contributed by atoms with Gasteiger partial charge in [0, 0.05) is 41.7 Å². The standard InChI is InChI=1S/C26H22FN5O3/c1-5-32-13-28-24-20(12-29-30-25(24)32)15-6-7-21(27)18(8-15)19-10-16-9-17(14(2)33)26(34)31(3)22(16)11-23(19)35-4/h6-13H,5H2,1-4H3. The Morgan fingerprint density at radius 3 is 2.63 bits per heavy atom. The molecule has 0 amide bonds. The zero-order chi connectivity index (χ0) is 24.9. The van der Waals surface area contributed by atoms with E-state index in [1.54, 1.807) is 49.9 Å². The Bertz CT molecular complexity index is 1700. The van der Waals surface area contributed by atoms with E-state index in [4.69, 9.17) is 4.74 Å². The molecule has 0 saturated carbocycles. The highest BCUT2D eigenvalue weighted by molar-refractivity contribution is 5.99. The maximum Gasteiger partial charge on any atom is 0.261 e. The lowest BCUT2D eigenvalue weighted by molar-refractivity contribution is 0.101. The van der Waals surface area contributed by atoms with Crippen molar-refractivity contribution in [3.63, 3.8) is 0 Å². The Hall–Kier alpha value is -4.40. The number of carbonyl (C=O) groups excluding carboxylic acids is 1. The molecule has 3 aromatic heterocycles. The predicted octanol–water partition coefficient (Wildman–Crippen LogP) is 4.38. The second-order valence-corrected chi connectivity index (χ2v) is 8.25. The van der Waals surface area contributed by atoms with Gasteiger partial charge in [-0.05, 0) is 43.7 Å². The number of aromatic nitrogens is 5. The van der Waals surface area contributed by atoms with E-state index in [1.165, 1.54) is 24.7 Å². The summed E-state index contributed by atoms with van der Waals surface area (Å²) in [5.74, 6) is -0.383. The third kappa shape index (κ3) is 3.56. The maximum atomic E-state index is 15.2. The molecule has 0 aliphatic heterocycles. The molecule has 0 spiro atoms. The lowest BCUT2D eigenvalue weighted by Gasteiger charge is -2.15. The molecule has 0 fully saturated rings. The maximum absolute atomic E-state index is 15.2. The fourth-order valence-corrected chi connectivity index (χ4v) is 4.35. The van der Waals surface area contributed by atoms with Gasteiger partial charge in [0.05, 0.1) is 30.7 Å². The number of fused-ring (bicyclic) bond motifs is 2. The number of aryl methyl sites for hydroxylation is 2. The van der Waals surface area contributed by atoms with Gasteiger partial charge in [-0.2, -0.15) is 5.10 Å². The molecule has 8 nitrogen and oxygen atoms in total. The molecule has 9 heteroatoms. The van der Waals surface area contributed by atoms with Crippen LogP contribution in [0.15, 0.2) is 53.7 Å². The lowest BCUT2D eigenvalue weighted by atomic mass is 9.96. The highest BCUT2D eigenvalue weighted by atomic mass is 19.1. The molecular weight excluding hydrogens is 449 g/mol. The van der Waals surface area contributed by atoms with Gasteiger partial charge in [-0.3, -0.25) is 9.59 Å². The number of rotatable bonds is 5. The van der Waals surface area contributed by atoms with E-state index < -0.39 is 11.4 Å². The van der Waals surface area contributed by atoms with Gasteiger partial charge < -0.3 is 13.9 Å². The van der Waals surface area contributed by atoms with E-state index in [9.17, 15) is 9.59 Å². The first-order chi connectivity index (χ1) is 16.8. The zero-order valence-corrected chi connectivity index (χ0v) is 19.7. The summed E-state index contributed by atoms with van der Waals surface area (Å²) in [6.07, 6.45) is 3.31. The van der Waals surface area contributed by atoms with Crippen LogP contribution in [-0.4, -0.2) is 37.2 Å². The first-order valence-electron chi connectivity index (χ1n) is 11.0. The molecule has 0 radical (unpaired) electrons. The molecule has 3 heterocycles. The summed E-state index contributed by atoms with van der Waals surface area (Å²) in [5, 5.41) is 8.93. The molecule has 0 aliphatic rings. The Morgan fingerprint density at radius 1 is 1.11 bits per heavy atom. The van der Waals surface area contributed by atoms with Crippen LogP contribution >= 0.6 is 0 Å². The summed E-state index contributed by atoms with van der Waals surface area (Å²) in [6.45, 7) is 4.03. The summed E-state index contributed by atoms with van der Waals surface area (Å²) in [6, 6.07) is 9.73. The SMILES string of the molecule is CCn1cnc2c(-c3ccc(F)c(-c4cc5cc(C(C)=O)c(=O)n(C)c5cc4OC)c3)cnnc21. The van der Waals surface area contributed by atoms with E-state index in [2.05, 4.69) is 15.2 Å². The van der Waals surface area contributed by atoms with Gasteiger partial charge >= 0.3 is 0 Å². The number of imidazole rings is 1. The van der Waals surface area contributed by atoms with Crippen LogP contribution in [-0.2, 0) is 13.6 Å². The Kier molecular flexibility index (Phi) is 5.39. The van der Waals surface area contributed by atoms with Crippen LogP contribution in [0.25, 0.3) is 44.3 Å². The molecule has 0 bridgehead atoms. The quantitative estimate of drug-likeness (QED) is 0.353. The summed E-state index contributed by atoms with van der Waals surface area (Å²) >= 11 is 0. The van der Waals surface area contributed by atoms with Crippen molar-refractivity contribution >= 4 is 27.9 Å². The van der Waals surface area contributed by atoms with E-state index in [1.807, 2.05) is 11.5 Å². The predicted molar refractivity (Wildman–Crippen MR) is 131 cm³/mol. The number of hydrogen-bond acceptors (Lipinski definition) is 6. The van der Waals surface area contributed by atoms with Crippen LogP contribution in [0.1, 0.15) is 24.2 Å². The van der Waals surface area contributed by atoms with E-state index in [0.717, 1.165) is 11.1 Å². The highest BCUT2D eigenvalue weighted by Gasteiger charge is 2.18. The van der Waals surface area contributed by atoms with Crippen LogP contribution in [0, 0.1) is 5.82 Å². The minimum absolute atomic E-state index is 0.0714. The van der Waals surface area contributed by atoms with Crippen molar-refractivity contribution < 1.29 is 13.9 Å². The molecule has 2 aromatic carbocycles. The highest BCUT2D eigenvalue weighted by Crippen LogP contribution is 2.38. The van der Waals surface area contributed by atoms with Crippen LogP contribution in [0.2, 0.25) is 0 Å². The summed E-state index contributed by atoms with van der Waals surface area (Å²) in [4.78, 5) is 29.1. The Balaban J connectivity index is 1.75. The molecule has 5 rings (SSSR count). The average Bonchev–Trinajstić information content (AvgIpc) is 3.29. The fourth-order valence-electron chi connectivity index (χ4n) is 4.35. The minimum Gasteiger partial charge on any atom is -0.496 e. The number of halogens is 1. The van der Waals surface area contributed by atoms with Gasteiger partial charge in [-0.1, -0.05) is 6.07 Å². The molecule has 35 heavy (non-hydrogen) atoms. The number of pyridine rings is 1. The van der Waals surface area contributed by atoms with Gasteiger partial charge in [0.15, 0.2) is 11.4 Å². The topological polar surface area (TPSA) is 91.9 Å². The van der Waals surface area contributed by atoms with Crippen molar-refractivity contribution in [1.82, 2.24) is 24.3 Å². The van der Waals surface area contributed by atoms with Gasteiger partial charge in [-0.25, -0.2) is 9.37 Å². The number of nitrogens with zero attached hydrogens (tertiary/aromatic N) is 5. The first kappa shape index (κ1) is 22.4.